The molecule has 0 bridgehead atoms. The number of ether oxygens (including phenoxy) is 1. The van der Waals surface area contributed by atoms with E-state index in [9.17, 15) is 4.79 Å². The Morgan fingerprint density at radius 3 is 2.65 bits per heavy atom. The molecule has 23 heavy (non-hydrogen) atoms. The van der Waals surface area contributed by atoms with Crippen LogP contribution in [0.25, 0.3) is 0 Å². The molecule has 0 spiro atoms. The van der Waals surface area contributed by atoms with Gasteiger partial charge in [-0.05, 0) is 36.8 Å². The van der Waals surface area contributed by atoms with Crippen LogP contribution in [0.15, 0.2) is 30.3 Å². The van der Waals surface area contributed by atoms with E-state index in [0.29, 0.717) is 23.8 Å². The fraction of sp³-hybridized carbons (Fsp3) is 0.412. The van der Waals surface area contributed by atoms with Gasteiger partial charge >= 0.3 is 0 Å². The van der Waals surface area contributed by atoms with Gasteiger partial charge in [-0.3, -0.25) is 9.89 Å². The number of aromatic nitrogens is 2. The number of nitrogens with one attached hydrogen (secondary N) is 1. The minimum Gasteiger partial charge on any atom is -0.490 e. The first kappa shape index (κ1) is 15.9. The topological polar surface area (TPSA) is 58.2 Å². The molecule has 5 nitrogen and oxygen atoms in total. The average molecular weight is 334 g/mol. The van der Waals surface area contributed by atoms with Gasteiger partial charge in [-0.2, -0.15) is 5.10 Å². The molecule has 2 aromatic rings. The van der Waals surface area contributed by atoms with Crippen molar-refractivity contribution in [2.24, 2.45) is 0 Å². The summed E-state index contributed by atoms with van der Waals surface area (Å²) in [5.41, 5.74) is 1.48. The van der Waals surface area contributed by atoms with Crippen LogP contribution in [-0.2, 0) is 6.42 Å². The molecule has 1 aliphatic rings. The number of aryl methyl sites for hydroxylation is 1. The van der Waals surface area contributed by atoms with Gasteiger partial charge < -0.3 is 9.64 Å². The van der Waals surface area contributed by atoms with Gasteiger partial charge in [0, 0.05) is 36.6 Å². The highest BCUT2D eigenvalue weighted by molar-refractivity contribution is 6.30. The van der Waals surface area contributed by atoms with Crippen LogP contribution < -0.4 is 4.74 Å². The van der Waals surface area contributed by atoms with Crippen molar-refractivity contribution >= 4 is 17.5 Å². The number of H-pyrrole nitrogens is 1. The summed E-state index contributed by atoms with van der Waals surface area (Å²) in [4.78, 5) is 14.3. The predicted octanol–water partition coefficient (Wildman–Crippen LogP) is 3.31. The second-order valence-corrected chi connectivity index (χ2v) is 6.13. The number of likely N-dealkylation sites (tertiary alicyclic amines) is 1. The molecular formula is C17H20ClN3O2. The summed E-state index contributed by atoms with van der Waals surface area (Å²) in [7, 11) is 0. The zero-order valence-corrected chi connectivity index (χ0v) is 13.8. The summed E-state index contributed by atoms with van der Waals surface area (Å²) in [6.45, 7) is 3.40. The van der Waals surface area contributed by atoms with Crippen LogP contribution in [0.5, 0.6) is 5.75 Å². The summed E-state index contributed by atoms with van der Waals surface area (Å²) in [6.07, 6.45) is 2.61. The molecule has 1 N–H and O–H groups in total. The molecule has 1 aliphatic heterocycles. The maximum atomic E-state index is 12.4. The van der Waals surface area contributed by atoms with Gasteiger partial charge in [0.05, 0.1) is 0 Å². The van der Waals surface area contributed by atoms with E-state index in [1.54, 1.807) is 0 Å². The smallest absolute Gasteiger partial charge is 0.274 e. The number of piperidine rings is 1. The molecule has 1 fully saturated rings. The Morgan fingerprint density at radius 1 is 1.35 bits per heavy atom. The fourth-order valence-corrected chi connectivity index (χ4v) is 2.82. The Hall–Kier alpha value is -2.01. The largest absolute Gasteiger partial charge is 0.490 e. The number of carbonyl (C=O) groups excluding carboxylic acids is 1. The standard InChI is InChI=1S/C17H20ClN3O2/c1-2-13-11-16(20-19-13)17(22)21-9-7-15(8-10-21)23-14-5-3-12(18)4-6-14/h3-6,11,15H,2,7-10H2,1H3,(H,19,20). The van der Waals surface area contributed by atoms with Gasteiger partial charge in [0.15, 0.2) is 0 Å². The Morgan fingerprint density at radius 2 is 2.04 bits per heavy atom. The van der Waals surface area contributed by atoms with E-state index >= 15 is 0 Å². The number of nitrogens with zero attached hydrogens (tertiary/aromatic N) is 2. The maximum Gasteiger partial charge on any atom is 0.274 e. The van der Waals surface area contributed by atoms with E-state index < -0.39 is 0 Å². The first-order valence-corrected chi connectivity index (χ1v) is 8.29. The molecule has 1 aromatic heterocycles. The number of rotatable bonds is 4. The summed E-state index contributed by atoms with van der Waals surface area (Å²) in [5, 5.41) is 7.68. The summed E-state index contributed by atoms with van der Waals surface area (Å²) in [5.74, 6) is 0.810. The molecule has 1 saturated heterocycles. The Bertz CT molecular complexity index is 661. The summed E-state index contributed by atoms with van der Waals surface area (Å²) < 4.78 is 5.95. The van der Waals surface area contributed by atoms with Crippen molar-refractivity contribution in [3.8, 4) is 5.75 Å². The van der Waals surface area contributed by atoms with Crippen LogP contribution in [0.2, 0.25) is 5.02 Å². The van der Waals surface area contributed by atoms with E-state index in [0.717, 1.165) is 30.7 Å². The second kappa shape index (κ2) is 7.04. The third kappa shape index (κ3) is 3.85. The van der Waals surface area contributed by atoms with Crippen LogP contribution in [0.4, 0.5) is 0 Å². The number of hydrogen-bond acceptors (Lipinski definition) is 3. The molecule has 6 heteroatoms. The molecule has 0 atom stereocenters. The number of aromatic amines is 1. The van der Waals surface area contributed by atoms with Gasteiger partial charge in [0.25, 0.3) is 5.91 Å². The van der Waals surface area contributed by atoms with Gasteiger partial charge in [-0.15, -0.1) is 0 Å². The van der Waals surface area contributed by atoms with Crippen molar-refractivity contribution in [2.45, 2.75) is 32.3 Å². The van der Waals surface area contributed by atoms with E-state index in [2.05, 4.69) is 10.2 Å². The van der Waals surface area contributed by atoms with Crippen molar-refractivity contribution in [3.63, 3.8) is 0 Å². The van der Waals surface area contributed by atoms with Gasteiger partial charge in [0.1, 0.15) is 17.5 Å². The van der Waals surface area contributed by atoms with Crippen LogP contribution >= 0.6 is 11.6 Å². The summed E-state index contributed by atoms with van der Waals surface area (Å²) in [6, 6.07) is 9.21. The van der Waals surface area contributed by atoms with Crippen molar-refractivity contribution in [1.29, 1.82) is 0 Å². The van der Waals surface area contributed by atoms with Crippen LogP contribution in [-0.4, -0.2) is 40.2 Å². The van der Waals surface area contributed by atoms with Gasteiger partial charge in [0.2, 0.25) is 0 Å². The average Bonchev–Trinajstić information content (AvgIpc) is 3.06. The molecule has 0 saturated carbocycles. The monoisotopic (exact) mass is 333 g/mol. The SMILES string of the molecule is CCc1cc(C(=O)N2CCC(Oc3ccc(Cl)cc3)CC2)n[nH]1. The molecule has 0 unspecified atom stereocenters. The highest BCUT2D eigenvalue weighted by Gasteiger charge is 2.26. The normalized spacial score (nSPS) is 15.7. The highest BCUT2D eigenvalue weighted by atomic mass is 35.5. The third-order valence-electron chi connectivity index (χ3n) is 4.08. The second-order valence-electron chi connectivity index (χ2n) is 5.70. The Labute approximate surface area is 140 Å². The number of amides is 1. The third-order valence-corrected chi connectivity index (χ3v) is 4.33. The van der Waals surface area contributed by atoms with Crippen molar-refractivity contribution in [3.05, 3.63) is 46.7 Å². The lowest BCUT2D eigenvalue weighted by atomic mass is 10.1. The first-order valence-electron chi connectivity index (χ1n) is 7.91. The number of carbonyl (C=O) groups is 1. The number of hydrogen-bond donors (Lipinski definition) is 1. The van der Waals surface area contributed by atoms with Crippen LogP contribution in [0, 0.1) is 0 Å². The lowest BCUT2D eigenvalue weighted by molar-refractivity contribution is 0.0590. The van der Waals surface area contributed by atoms with Crippen molar-refractivity contribution < 1.29 is 9.53 Å². The van der Waals surface area contributed by atoms with Crippen molar-refractivity contribution in [2.75, 3.05) is 13.1 Å². The zero-order valence-electron chi connectivity index (χ0n) is 13.1. The molecule has 3 rings (SSSR count). The maximum absolute atomic E-state index is 12.4. The van der Waals surface area contributed by atoms with E-state index in [4.69, 9.17) is 16.3 Å². The minimum absolute atomic E-state index is 0.00843. The Kier molecular flexibility index (Phi) is 4.86. The molecule has 2 heterocycles. The highest BCUT2D eigenvalue weighted by Crippen LogP contribution is 2.21. The molecule has 0 radical (unpaired) electrons. The number of halogens is 1. The molecule has 122 valence electrons. The van der Waals surface area contributed by atoms with Crippen molar-refractivity contribution in [1.82, 2.24) is 15.1 Å². The van der Waals surface area contributed by atoms with Gasteiger partial charge in [-0.1, -0.05) is 18.5 Å². The van der Waals surface area contributed by atoms with Gasteiger partial charge in [-0.25, -0.2) is 0 Å². The molecule has 1 aromatic carbocycles. The molecule has 1 amide bonds. The summed E-state index contributed by atoms with van der Waals surface area (Å²) >= 11 is 5.87. The molecule has 0 aliphatic carbocycles. The quantitative estimate of drug-likeness (QED) is 0.933. The lowest BCUT2D eigenvalue weighted by Gasteiger charge is -2.31. The minimum atomic E-state index is -0.00843. The Balaban J connectivity index is 1.53. The fourth-order valence-electron chi connectivity index (χ4n) is 2.70. The van der Waals surface area contributed by atoms with Crippen LogP contribution in [0.1, 0.15) is 35.9 Å². The van der Waals surface area contributed by atoms with E-state index in [1.165, 1.54) is 0 Å². The van der Waals surface area contributed by atoms with E-state index in [1.807, 2.05) is 42.2 Å². The molecular weight excluding hydrogens is 314 g/mol. The zero-order chi connectivity index (χ0) is 16.2. The van der Waals surface area contributed by atoms with E-state index in [-0.39, 0.29) is 12.0 Å². The lowest BCUT2D eigenvalue weighted by Crippen LogP contribution is -2.41. The number of benzene rings is 1. The first-order chi connectivity index (χ1) is 11.2. The van der Waals surface area contributed by atoms with Crippen LogP contribution in [0.3, 0.4) is 0 Å². The predicted molar refractivity (Wildman–Crippen MR) is 89.0 cm³/mol.